The number of nitrogens with two attached hydrogens (primary N) is 1. The van der Waals surface area contributed by atoms with Crippen molar-refractivity contribution in [3.05, 3.63) is 0 Å². The fraction of sp³-hybridized carbons (Fsp3) is 1.00. The van der Waals surface area contributed by atoms with Gasteiger partial charge in [-0.05, 0) is 23.8 Å². The minimum absolute atomic E-state index is 0.482. The Bertz CT molecular complexity index is 181. The summed E-state index contributed by atoms with van der Waals surface area (Å²) in [5.74, 6) is 3.26. The van der Waals surface area contributed by atoms with E-state index in [0.29, 0.717) is 6.04 Å². The lowest BCUT2D eigenvalue weighted by molar-refractivity contribution is 0.0728. The van der Waals surface area contributed by atoms with Crippen LogP contribution in [0.1, 0.15) is 6.42 Å². The van der Waals surface area contributed by atoms with Gasteiger partial charge in [-0.15, -0.1) is 0 Å². The number of rotatable bonds is 9. The van der Waals surface area contributed by atoms with E-state index < -0.39 is 0 Å². The molecular weight excluding hydrogens is 236 g/mol. The highest BCUT2D eigenvalue weighted by Gasteiger charge is 2.28. The quantitative estimate of drug-likeness (QED) is 0.661. The molecule has 1 saturated heterocycles. The van der Waals surface area contributed by atoms with Crippen LogP contribution in [0.2, 0.25) is 0 Å². The SMILES string of the molecule is COCCN(CCOC)C(CN)C1CCSC1. The average molecular weight is 262 g/mol. The lowest BCUT2D eigenvalue weighted by atomic mass is 9.97. The standard InChI is InChI=1S/C12H26N2O2S/c1-15-6-4-14(5-7-16-2)12(9-13)11-3-8-17-10-11/h11-12H,3-10,13H2,1-2H3. The monoisotopic (exact) mass is 262 g/mol. The summed E-state index contributed by atoms with van der Waals surface area (Å²) in [5.41, 5.74) is 5.96. The van der Waals surface area contributed by atoms with Crippen molar-refractivity contribution in [1.82, 2.24) is 4.90 Å². The van der Waals surface area contributed by atoms with Crippen molar-refractivity contribution in [3.63, 3.8) is 0 Å². The molecule has 0 aromatic carbocycles. The first-order chi connectivity index (χ1) is 8.33. The summed E-state index contributed by atoms with van der Waals surface area (Å²) in [5, 5.41) is 0. The summed E-state index contributed by atoms with van der Waals surface area (Å²) in [6, 6.07) is 0.482. The molecule has 1 aliphatic heterocycles. The summed E-state index contributed by atoms with van der Waals surface area (Å²) in [6.45, 7) is 4.16. The third-order valence-electron chi connectivity index (χ3n) is 3.38. The molecule has 4 nitrogen and oxygen atoms in total. The first kappa shape index (κ1) is 15.2. The molecule has 2 N–H and O–H groups in total. The Hall–Kier alpha value is 0.190. The molecule has 5 heteroatoms. The second kappa shape index (κ2) is 9.16. The first-order valence-corrected chi connectivity index (χ1v) is 7.48. The summed E-state index contributed by atoms with van der Waals surface area (Å²) in [6.07, 6.45) is 1.29. The van der Waals surface area contributed by atoms with E-state index in [1.54, 1.807) is 14.2 Å². The smallest absolute Gasteiger partial charge is 0.0589 e. The second-order valence-corrected chi connectivity index (χ2v) is 5.60. The molecule has 1 fully saturated rings. The zero-order chi connectivity index (χ0) is 12.5. The van der Waals surface area contributed by atoms with Crippen molar-refractivity contribution in [3.8, 4) is 0 Å². The molecule has 17 heavy (non-hydrogen) atoms. The Morgan fingerprint density at radius 2 is 1.94 bits per heavy atom. The summed E-state index contributed by atoms with van der Waals surface area (Å²) in [4.78, 5) is 2.43. The van der Waals surface area contributed by atoms with Crippen LogP contribution in [-0.2, 0) is 9.47 Å². The van der Waals surface area contributed by atoms with Gasteiger partial charge < -0.3 is 15.2 Å². The van der Waals surface area contributed by atoms with E-state index in [9.17, 15) is 0 Å². The lowest BCUT2D eigenvalue weighted by Gasteiger charge is -2.34. The molecule has 2 atom stereocenters. The maximum atomic E-state index is 5.96. The van der Waals surface area contributed by atoms with E-state index in [-0.39, 0.29) is 0 Å². The van der Waals surface area contributed by atoms with Crippen LogP contribution in [0, 0.1) is 5.92 Å². The van der Waals surface area contributed by atoms with Crippen LogP contribution < -0.4 is 5.73 Å². The number of ether oxygens (including phenoxy) is 2. The highest BCUT2D eigenvalue weighted by Crippen LogP contribution is 2.28. The lowest BCUT2D eigenvalue weighted by Crippen LogP contribution is -2.48. The third kappa shape index (κ3) is 5.14. The zero-order valence-electron chi connectivity index (χ0n) is 11.1. The number of methoxy groups -OCH3 is 2. The molecule has 0 amide bonds. The molecule has 102 valence electrons. The molecule has 0 aromatic rings. The van der Waals surface area contributed by atoms with Crippen molar-refractivity contribution >= 4 is 11.8 Å². The molecule has 0 aliphatic carbocycles. The van der Waals surface area contributed by atoms with Gasteiger partial charge in [0.05, 0.1) is 13.2 Å². The van der Waals surface area contributed by atoms with Crippen molar-refractivity contribution in [2.45, 2.75) is 12.5 Å². The van der Waals surface area contributed by atoms with Crippen LogP contribution in [0.5, 0.6) is 0 Å². The van der Waals surface area contributed by atoms with Crippen molar-refractivity contribution in [2.75, 3.05) is 58.6 Å². The van der Waals surface area contributed by atoms with Crippen molar-refractivity contribution in [2.24, 2.45) is 11.7 Å². The Morgan fingerprint density at radius 3 is 2.35 bits per heavy atom. The van der Waals surface area contributed by atoms with Gasteiger partial charge in [0.15, 0.2) is 0 Å². The van der Waals surface area contributed by atoms with Gasteiger partial charge in [0.25, 0.3) is 0 Å². The predicted octanol–water partition coefficient (Wildman–Crippen LogP) is 0.662. The van der Waals surface area contributed by atoms with Crippen LogP contribution >= 0.6 is 11.8 Å². The highest BCUT2D eigenvalue weighted by atomic mass is 32.2. The fourth-order valence-electron chi connectivity index (χ4n) is 2.36. The molecule has 1 aliphatic rings. The van der Waals surface area contributed by atoms with Crippen molar-refractivity contribution in [1.29, 1.82) is 0 Å². The average Bonchev–Trinajstić information content (AvgIpc) is 2.86. The fourth-order valence-corrected chi connectivity index (χ4v) is 3.68. The largest absolute Gasteiger partial charge is 0.383 e. The summed E-state index contributed by atoms with van der Waals surface area (Å²) < 4.78 is 10.4. The van der Waals surface area contributed by atoms with Crippen LogP contribution in [-0.4, -0.2) is 69.5 Å². The molecule has 0 aromatic heterocycles. The Morgan fingerprint density at radius 1 is 1.29 bits per heavy atom. The maximum absolute atomic E-state index is 5.96. The molecule has 0 spiro atoms. The molecule has 0 saturated carbocycles. The van der Waals surface area contributed by atoms with Crippen LogP contribution in [0.4, 0.5) is 0 Å². The molecule has 2 unspecified atom stereocenters. The van der Waals surface area contributed by atoms with E-state index >= 15 is 0 Å². The molecule has 0 radical (unpaired) electrons. The summed E-state index contributed by atoms with van der Waals surface area (Å²) in [7, 11) is 3.49. The van der Waals surface area contributed by atoms with Gasteiger partial charge in [0, 0.05) is 39.9 Å². The Balaban J connectivity index is 2.49. The minimum atomic E-state index is 0.482. The first-order valence-electron chi connectivity index (χ1n) is 6.33. The van der Waals surface area contributed by atoms with Crippen LogP contribution in [0.25, 0.3) is 0 Å². The molecular formula is C12H26N2O2S. The van der Waals surface area contributed by atoms with Gasteiger partial charge in [-0.25, -0.2) is 0 Å². The number of nitrogens with zero attached hydrogens (tertiary/aromatic N) is 1. The van der Waals surface area contributed by atoms with Gasteiger partial charge in [-0.2, -0.15) is 11.8 Å². The zero-order valence-corrected chi connectivity index (χ0v) is 11.9. The van der Waals surface area contributed by atoms with Gasteiger partial charge in [-0.3, -0.25) is 4.90 Å². The molecule has 0 bridgehead atoms. The van der Waals surface area contributed by atoms with Gasteiger partial charge in [-0.1, -0.05) is 0 Å². The Labute approximate surface area is 109 Å². The van der Waals surface area contributed by atoms with E-state index in [1.165, 1.54) is 17.9 Å². The number of thioether (sulfide) groups is 1. The maximum Gasteiger partial charge on any atom is 0.0589 e. The minimum Gasteiger partial charge on any atom is -0.383 e. The molecule has 1 heterocycles. The van der Waals surface area contributed by atoms with Crippen molar-refractivity contribution < 1.29 is 9.47 Å². The normalized spacial score (nSPS) is 22.2. The predicted molar refractivity (Wildman–Crippen MR) is 73.6 cm³/mol. The van der Waals surface area contributed by atoms with Crippen LogP contribution in [0.15, 0.2) is 0 Å². The van der Waals surface area contributed by atoms with E-state index in [2.05, 4.69) is 4.90 Å². The highest BCUT2D eigenvalue weighted by molar-refractivity contribution is 7.99. The third-order valence-corrected chi connectivity index (χ3v) is 4.57. The topological polar surface area (TPSA) is 47.7 Å². The molecule has 1 rings (SSSR count). The second-order valence-electron chi connectivity index (χ2n) is 4.45. The summed E-state index contributed by atoms with van der Waals surface area (Å²) >= 11 is 2.05. The van der Waals surface area contributed by atoms with E-state index in [0.717, 1.165) is 38.8 Å². The van der Waals surface area contributed by atoms with Gasteiger partial charge in [0.2, 0.25) is 0 Å². The number of hydrogen-bond donors (Lipinski definition) is 1. The van der Waals surface area contributed by atoms with Gasteiger partial charge in [0.1, 0.15) is 0 Å². The van der Waals surface area contributed by atoms with E-state index in [1.807, 2.05) is 11.8 Å². The Kier molecular flexibility index (Phi) is 8.22. The van der Waals surface area contributed by atoms with Crippen LogP contribution in [0.3, 0.4) is 0 Å². The van der Waals surface area contributed by atoms with Gasteiger partial charge >= 0.3 is 0 Å². The number of hydrogen-bond acceptors (Lipinski definition) is 5. The van der Waals surface area contributed by atoms with E-state index in [4.69, 9.17) is 15.2 Å².